The Balaban J connectivity index is 2.19. The molecule has 1 rings (SSSR count). The lowest BCUT2D eigenvalue weighted by Crippen LogP contribution is -2.85. The molecule has 0 aliphatic carbocycles. The van der Waals surface area contributed by atoms with Crippen molar-refractivity contribution in [2.45, 2.75) is 6.42 Å². The molecule has 0 saturated carbocycles. The molecule has 3 N–H and O–H groups in total. The molecule has 3 nitrogen and oxygen atoms in total. The van der Waals surface area contributed by atoms with Gasteiger partial charge in [0.1, 0.15) is 5.75 Å². The summed E-state index contributed by atoms with van der Waals surface area (Å²) in [4.78, 5) is 0. The second-order valence-corrected chi connectivity index (χ2v) is 4.18. The number of ether oxygens (including phenoxy) is 1. The highest BCUT2D eigenvalue weighted by Gasteiger charge is 2.00. The fourth-order valence-electron chi connectivity index (χ4n) is 1.22. The van der Waals surface area contributed by atoms with Crippen molar-refractivity contribution in [3.05, 3.63) is 28.2 Å². The van der Waals surface area contributed by atoms with Crippen LogP contribution in [0, 0.1) is 0 Å². The molecular weight excluding hydrogens is 249 g/mol. The third-order valence-corrected chi connectivity index (χ3v) is 2.78. The van der Waals surface area contributed by atoms with Gasteiger partial charge >= 0.3 is 0 Å². The van der Waals surface area contributed by atoms with Crippen molar-refractivity contribution in [1.82, 2.24) is 0 Å². The Hall–Kier alpha value is -0.480. The molecule has 0 aromatic heterocycles. The maximum absolute atomic E-state index is 8.57. The van der Waals surface area contributed by atoms with Crippen LogP contribution in [0.3, 0.4) is 0 Å². The van der Waals surface area contributed by atoms with Crippen LogP contribution in [0.5, 0.6) is 5.75 Å². The van der Waals surface area contributed by atoms with Crippen molar-refractivity contribution in [3.8, 4) is 5.75 Å². The van der Waals surface area contributed by atoms with Crippen LogP contribution in [0.15, 0.2) is 18.2 Å². The van der Waals surface area contributed by atoms with E-state index in [9.17, 15) is 0 Å². The van der Waals surface area contributed by atoms with Gasteiger partial charge in [-0.15, -0.1) is 0 Å². The number of quaternary nitrogens is 1. The summed E-state index contributed by atoms with van der Waals surface area (Å²) in [6, 6.07) is 5.23. The van der Waals surface area contributed by atoms with Crippen LogP contribution in [0.2, 0.25) is 10.0 Å². The average Bonchev–Trinajstić information content (AvgIpc) is 2.28. The number of hydrogen-bond donors (Lipinski definition) is 2. The fourth-order valence-corrected chi connectivity index (χ4v) is 1.51. The van der Waals surface area contributed by atoms with E-state index in [1.54, 1.807) is 18.2 Å². The number of hydrogen-bond acceptors (Lipinski definition) is 2. The van der Waals surface area contributed by atoms with Gasteiger partial charge in [-0.3, -0.25) is 0 Å². The minimum absolute atomic E-state index is 0.216. The van der Waals surface area contributed by atoms with Gasteiger partial charge in [0.15, 0.2) is 0 Å². The minimum Gasteiger partial charge on any atom is -0.493 e. The van der Waals surface area contributed by atoms with Gasteiger partial charge in [-0.2, -0.15) is 0 Å². The molecule has 0 unspecified atom stereocenters. The van der Waals surface area contributed by atoms with Crippen LogP contribution >= 0.6 is 23.2 Å². The first-order chi connectivity index (χ1) is 7.74. The smallest absolute Gasteiger partial charge is 0.120 e. The van der Waals surface area contributed by atoms with Gasteiger partial charge in [0.2, 0.25) is 0 Å². The van der Waals surface area contributed by atoms with Crippen LogP contribution in [0.1, 0.15) is 6.42 Å². The van der Waals surface area contributed by atoms with E-state index in [4.69, 9.17) is 33.0 Å². The predicted octanol–water partition coefficient (Wildman–Crippen LogP) is 1.32. The van der Waals surface area contributed by atoms with Gasteiger partial charge in [0, 0.05) is 12.5 Å². The Morgan fingerprint density at radius 2 is 2.00 bits per heavy atom. The van der Waals surface area contributed by atoms with Gasteiger partial charge in [0.25, 0.3) is 0 Å². The Morgan fingerprint density at radius 1 is 1.19 bits per heavy atom. The molecule has 5 heteroatoms. The minimum atomic E-state index is 0.216. The lowest BCUT2D eigenvalue weighted by molar-refractivity contribution is -0.656. The molecule has 16 heavy (non-hydrogen) atoms. The zero-order valence-corrected chi connectivity index (χ0v) is 10.5. The third kappa shape index (κ3) is 5.03. The highest BCUT2D eigenvalue weighted by Crippen LogP contribution is 2.26. The molecule has 1 aromatic carbocycles. The standard InChI is InChI=1S/C11H15Cl2NO2/c12-10-3-2-9(8-11(10)13)16-7-1-4-14-5-6-15/h2-3,8,14-15H,1,4-7H2/p+1. The van der Waals surface area contributed by atoms with E-state index >= 15 is 0 Å². The Morgan fingerprint density at radius 3 is 2.69 bits per heavy atom. The first kappa shape index (κ1) is 13.6. The number of rotatable bonds is 7. The van der Waals surface area contributed by atoms with E-state index in [1.165, 1.54) is 0 Å². The molecule has 0 heterocycles. The Bertz CT molecular complexity index is 321. The SMILES string of the molecule is OCC[NH2+]CCCOc1ccc(Cl)c(Cl)c1. The van der Waals surface area contributed by atoms with Crippen molar-refractivity contribution in [1.29, 1.82) is 0 Å². The van der Waals surface area contributed by atoms with Crippen LogP contribution in [0.4, 0.5) is 0 Å². The van der Waals surface area contributed by atoms with E-state index in [0.717, 1.165) is 25.3 Å². The molecule has 1 aromatic rings. The molecule has 0 aliphatic heterocycles. The van der Waals surface area contributed by atoms with Gasteiger partial charge in [0.05, 0.1) is 36.3 Å². The third-order valence-electron chi connectivity index (χ3n) is 2.05. The van der Waals surface area contributed by atoms with Crippen LogP contribution in [-0.4, -0.2) is 31.4 Å². The summed E-state index contributed by atoms with van der Waals surface area (Å²) >= 11 is 11.6. The molecule has 0 saturated heterocycles. The molecule has 0 spiro atoms. The van der Waals surface area contributed by atoms with Crippen molar-refractivity contribution < 1.29 is 15.2 Å². The Kier molecular flexibility index (Phi) is 6.57. The summed E-state index contributed by atoms with van der Waals surface area (Å²) in [7, 11) is 0. The zero-order chi connectivity index (χ0) is 11.8. The normalized spacial score (nSPS) is 10.4. The number of nitrogens with two attached hydrogens (primary N) is 1. The van der Waals surface area contributed by atoms with Crippen molar-refractivity contribution in [2.75, 3.05) is 26.3 Å². The summed E-state index contributed by atoms with van der Waals surface area (Å²) in [5.41, 5.74) is 0. The van der Waals surface area contributed by atoms with E-state index in [2.05, 4.69) is 5.32 Å². The molecule has 0 aliphatic rings. The number of halogens is 2. The molecular formula is C11H16Cl2NO2+. The van der Waals surface area contributed by atoms with Crippen LogP contribution < -0.4 is 10.1 Å². The molecule has 0 bridgehead atoms. The van der Waals surface area contributed by atoms with Gasteiger partial charge in [-0.1, -0.05) is 23.2 Å². The first-order valence-corrected chi connectivity index (χ1v) is 6.00. The molecule has 0 radical (unpaired) electrons. The lowest BCUT2D eigenvalue weighted by Gasteiger charge is -2.06. The summed E-state index contributed by atoms with van der Waals surface area (Å²) in [5, 5.41) is 11.7. The average molecular weight is 265 g/mol. The first-order valence-electron chi connectivity index (χ1n) is 5.24. The molecule has 90 valence electrons. The number of aliphatic hydroxyl groups excluding tert-OH is 1. The van der Waals surface area contributed by atoms with Crippen molar-refractivity contribution >= 4 is 23.2 Å². The molecule has 0 atom stereocenters. The molecule has 0 fully saturated rings. The fraction of sp³-hybridized carbons (Fsp3) is 0.455. The maximum atomic E-state index is 8.57. The van der Waals surface area contributed by atoms with Gasteiger partial charge in [-0.25, -0.2) is 0 Å². The highest BCUT2D eigenvalue weighted by atomic mass is 35.5. The summed E-state index contributed by atoms with van der Waals surface area (Å²) in [5.74, 6) is 0.733. The van der Waals surface area contributed by atoms with Gasteiger partial charge < -0.3 is 15.2 Å². The monoisotopic (exact) mass is 264 g/mol. The van der Waals surface area contributed by atoms with Crippen molar-refractivity contribution in [3.63, 3.8) is 0 Å². The van der Waals surface area contributed by atoms with E-state index in [-0.39, 0.29) is 6.61 Å². The number of benzene rings is 1. The van der Waals surface area contributed by atoms with Crippen molar-refractivity contribution in [2.24, 2.45) is 0 Å². The van der Waals surface area contributed by atoms with Crippen LogP contribution in [-0.2, 0) is 0 Å². The number of aliphatic hydroxyl groups is 1. The Labute approximate surface area is 105 Å². The van der Waals surface area contributed by atoms with E-state index < -0.39 is 0 Å². The predicted molar refractivity (Wildman–Crippen MR) is 65.3 cm³/mol. The second kappa shape index (κ2) is 7.74. The zero-order valence-electron chi connectivity index (χ0n) is 8.96. The largest absolute Gasteiger partial charge is 0.493 e. The van der Waals surface area contributed by atoms with Gasteiger partial charge in [-0.05, 0) is 12.1 Å². The summed E-state index contributed by atoms with van der Waals surface area (Å²) in [6.07, 6.45) is 0.931. The van der Waals surface area contributed by atoms with Crippen LogP contribution in [0.25, 0.3) is 0 Å². The molecule has 0 amide bonds. The van der Waals surface area contributed by atoms with E-state index in [0.29, 0.717) is 16.7 Å². The quantitative estimate of drug-likeness (QED) is 0.730. The summed E-state index contributed by atoms with van der Waals surface area (Å²) in [6.45, 7) is 2.54. The van der Waals surface area contributed by atoms with E-state index in [1.807, 2.05) is 0 Å². The highest BCUT2D eigenvalue weighted by molar-refractivity contribution is 6.42. The lowest BCUT2D eigenvalue weighted by atomic mass is 10.3. The summed E-state index contributed by atoms with van der Waals surface area (Å²) < 4.78 is 5.50. The second-order valence-electron chi connectivity index (χ2n) is 3.37. The topological polar surface area (TPSA) is 46.1 Å². The maximum Gasteiger partial charge on any atom is 0.120 e.